The van der Waals surface area contributed by atoms with Crippen LogP contribution in [0.2, 0.25) is 0 Å². The van der Waals surface area contributed by atoms with Crippen molar-refractivity contribution in [3.05, 3.63) is 169 Å². The maximum absolute atomic E-state index is 13.1. The first kappa shape index (κ1) is 43.0. The molecule has 0 fully saturated rings. The second-order valence-corrected chi connectivity index (χ2v) is 10.5. The summed E-state index contributed by atoms with van der Waals surface area (Å²) in [6.07, 6.45) is 12.3. The van der Waals surface area contributed by atoms with Gasteiger partial charge in [-0.05, 0) is 94.9 Å². The van der Waals surface area contributed by atoms with Gasteiger partial charge in [0.25, 0.3) is 0 Å². The predicted molar refractivity (Wildman–Crippen MR) is 201 cm³/mol. The number of azo groups is 1. The summed E-state index contributed by atoms with van der Waals surface area (Å²) in [5.41, 5.74) is 1.98. The van der Waals surface area contributed by atoms with E-state index >= 15 is 0 Å². The number of aromatic nitrogens is 4. The molecule has 2 aromatic heterocycles. The molecule has 2 N–H and O–H groups in total. The molecule has 0 radical (unpaired) electrons. The lowest BCUT2D eigenvalue weighted by Gasteiger charge is -2.09. The molecule has 0 unspecified atom stereocenters. The smallest absolute Gasteiger partial charge is 0.324 e. The molecule has 0 atom stereocenters. The first-order chi connectivity index (χ1) is 25.1. The van der Waals surface area contributed by atoms with Crippen LogP contribution in [0.1, 0.15) is 46.0 Å². The van der Waals surface area contributed by atoms with Crippen molar-refractivity contribution >= 4 is 23.0 Å². The van der Waals surface area contributed by atoms with Crippen molar-refractivity contribution in [3.8, 4) is 0 Å². The molecule has 278 valence electrons. The lowest BCUT2D eigenvalue weighted by molar-refractivity contribution is -0.0915. The quantitative estimate of drug-likeness (QED) is 0.101. The van der Waals surface area contributed by atoms with E-state index in [1.807, 2.05) is 0 Å². The molecule has 53 heavy (non-hydrogen) atoms. The van der Waals surface area contributed by atoms with E-state index in [9.17, 15) is 26.3 Å². The molecule has 0 aliphatic heterocycles. The van der Waals surface area contributed by atoms with Crippen molar-refractivity contribution in [2.75, 3.05) is 10.6 Å². The zero-order chi connectivity index (χ0) is 39.6. The minimum atomic E-state index is -4.48. The summed E-state index contributed by atoms with van der Waals surface area (Å²) in [7, 11) is 0. The third-order valence-corrected chi connectivity index (χ3v) is 6.91. The third-order valence-electron chi connectivity index (χ3n) is 6.91. The average Bonchev–Trinajstić information content (AvgIpc) is 3.13. The molecule has 0 saturated carbocycles. The van der Waals surface area contributed by atoms with Gasteiger partial charge in [0, 0.05) is 34.9 Å². The molecular weight excluding hydrogens is 694 g/mol. The fraction of sp³-hybridized carbons (Fsp3) is 0.179. The lowest BCUT2D eigenvalue weighted by atomic mass is 10.1. The van der Waals surface area contributed by atoms with E-state index in [0.717, 1.165) is 25.2 Å². The van der Waals surface area contributed by atoms with Crippen LogP contribution in [0.3, 0.4) is 0 Å². The van der Waals surface area contributed by atoms with Gasteiger partial charge in [0.05, 0.1) is 28.4 Å². The summed E-state index contributed by atoms with van der Waals surface area (Å²) in [6, 6.07) is 3.29. The molecule has 0 aromatic carbocycles. The zero-order valence-electron chi connectivity index (χ0n) is 29.9. The van der Waals surface area contributed by atoms with Crippen molar-refractivity contribution in [3.63, 3.8) is 0 Å². The van der Waals surface area contributed by atoms with Gasteiger partial charge >= 0.3 is 12.4 Å². The zero-order valence-corrected chi connectivity index (χ0v) is 29.9. The molecule has 0 spiro atoms. The Morgan fingerprint density at radius 2 is 1.23 bits per heavy atom. The van der Waals surface area contributed by atoms with E-state index in [1.165, 1.54) is 43.6 Å². The number of rotatable bonds is 16. The van der Waals surface area contributed by atoms with Crippen molar-refractivity contribution in [1.82, 2.24) is 19.9 Å². The van der Waals surface area contributed by atoms with Gasteiger partial charge in [0.15, 0.2) is 0 Å². The van der Waals surface area contributed by atoms with Gasteiger partial charge in [-0.15, -0.1) is 0 Å². The summed E-state index contributed by atoms with van der Waals surface area (Å²) in [4.78, 5) is 17.3. The Kier molecular flexibility index (Phi) is 16.7. The SMILES string of the molecule is C=CC(=C\C(=C/C)c1ccnc(N/C(C=C)=C/C=C(\C)C(F)(F)F)n1)/N=N/C(=C/C)/C=C(\C=C)c1ccnc(NC(/C=C\C(=C/C)C(F)(F)F)=C/C)n1. The predicted octanol–water partition coefficient (Wildman–Crippen LogP) is 11.7. The monoisotopic (exact) mass is 734 g/mol. The molecular formula is C39H40F6N8. The molecule has 2 heterocycles. The highest BCUT2D eigenvalue weighted by Crippen LogP contribution is 2.27. The average molecular weight is 735 g/mol. The number of allylic oxidation sites excluding steroid dienone is 17. The molecule has 2 aromatic rings. The molecule has 0 amide bonds. The van der Waals surface area contributed by atoms with Gasteiger partial charge in [-0.1, -0.05) is 56.2 Å². The maximum atomic E-state index is 13.1. The Morgan fingerprint density at radius 3 is 1.70 bits per heavy atom. The molecule has 14 heteroatoms. The van der Waals surface area contributed by atoms with Gasteiger partial charge in [-0.25, -0.2) is 19.9 Å². The van der Waals surface area contributed by atoms with Crippen LogP contribution in [0.4, 0.5) is 38.2 Å². The van der Waals surface area contributed by atoms with E-state index in [2.05, 4.69) is 60.5 Å². The Bertz CT molecular complexity index is 1950. The van der Waals surface area contributed by atoms with Crippen LogP contribution in [0.25, 0.3) is 11.1 Å². The van der Waals surface area contributed by atoms with Crippen molar-refractivity contribution in [2.24, 2.45) is 10.2 Å². The standard InChI is InChI=1S/C39H40F6N8/c1-9-27(34-20-22-46-36(50-34)48-30(12-4)18-16-26(8)38(40,41)42)24-32(14-6)52-53-33(15-7)25-28(10-2)35-21-23-47-37(51-35)49-31(13-5)19-17-29(11-3)39(43,44)45/h9-25H,2,4,6H2,1,3,5,7-8H3,(H,46,48,50)(H,47,49,51)/b19-17-,26-16+,27-9+,28-25+,29-11+,30-18+,31-13+,32-24+,33-15+,53-52+. The first-order valence-corrected chi connectivity index (χ1v) is 15.9. The Balaban J connectivity index is 2.32. The highest BCUT2D eigenvalue weighted by atomic mass is 19.4. The number of hydrogen-bond donors (Lipinski definition) is 2. The van der Waals surface area contributed by atoms with Crippen LogP contribution in [0.5, 0.6) is 0 Å². The van der Waals surface area contributed by atoms with Gasteiger partial charge in [-0.3, -0.25) is 0 Å². The van der Waals surface area contributed by atoms with Crippen molar-refractivity contribution in [1.29, 1.82) is 0 Å². The van der Waals surface area contributed by atoms with Crippen molar-refractivity contribution < 1.29 is 26.3 Å². The molecule has 0 aliphatic carbocycles. The maximum Gasteiger partial charge on any atom is 0.416 e. The van der Waals surface area contributed by atoms with Crippen LogP contribution >= 0.6 is 0 Å². The summed E-state index contributed by atoms with van der Waals surface area (Å²) < 4.78 is 78.1. The van der Waals surface area contributed by atoms with Crippen LogP contribution < -0.4 is 10.6 Å². The minimum Gasteiger partial charge on any atom is -0.324 e. The van der Waals surface area contributed by atoms with Crippen molar-refractivity contribution in [2.45, 2.75) is 47.0 Å². The molecule has 2 rings (SSSR count). The van der Waals surface area contributed by atoms with Crippen LogP contribution in [-0.4, -0.2) is 32.3 Å². The van der Waals surface area contributed by atoms with Crippen LogP contribution in [-0.2, 0) is 0 Å². The van der Waals surface area contributed by atoms with E-state index in [1.54, 1.807) is 69.4 Å². The third kappa shape index (κ3) is 14.2. The number of anilines is 2. The second kappa shape index (κ2) is 20.6. The largest absolute Gasteiger partial charge is 0.416 e. The summed E-state index contributed by atoms with van der Waals surface area (Å²) in [6.45, 7) is 18.8. The van der Waals surface area contributed by atoms with Gasteiger partial charge < -0.3 is 10.6 Å². The lowest BCUT2D eigenvalue weighted by Crippen LogP contribution is -2.10. The minimum absolute atomic E-state index is 0.130. The van der Waals surface area contributed by atoms with Gasteiger partial charge in [0.2, 0.25) is 11.9 Å². The first-order valence-electron chi connectivity index (χ1n) is 15.9. The summed E-state index contributed by atoms with van der Waals surface area (Å²) >= 11 is 0. The molecule has 0 aliphatic rings. The topological polar surface area (TPSA) is 100 Å². The molecule has 0 saturated heterocycles. The van der Waals surface area contributed by atoms with Crippen LogP contribution in [0.15, 0.2) is 167 Å². The van der Waals surface area contributed by atoms with E-state index in [0.29, 0.717) is 39.6 Å². The Morgan fingerprint density at radius 1 is 0.642 bits per heavy atom. The fourth-order valence-corrected chi connectivity index (χ4v) is 3.91. The summed E-state index contributed by atoms with van der Waals surface area (Å²) in [5.74, 6) is 0.278. The number of nitrogens with zero attached hydrogens (tertiary/aromatic N) is 6. The number of alkyl halides is 6. The van der Waals surface area contributed by atoms with E-state index in [4.69, 9.17) is 0 Å². The van der Waals surface area contributed by atoms with E-state index < -0.39 is 23.5 Å². The van der Waals surface area contributed by atoms with Gasteiger partial charge in [-0.2, -0.15) is 36.6 Å². The van der Waals surface area contributed by atoms with Crippen LogP contribution in [0, 0.1) is 0 Å². The van der Waals surface area contributed by atoms with Gasteiger partial charge in [0.1, 0.15) is 0 Å². The molecule has 0 bridgehead atoms. The number of hydrogen-bond acceptors (Lipinski definition) is 8. The second-order valence-electron chi connectivity index (χ2n) is 10.5. The Labute approximate surface area is 305 Å². The summed E-state index contributed by atoms with van der Waals surface area (Å²) in [5, 5.41) is 14.5. The highest BCUT2D eigenvalue weighted by Gasteiger charge is 2.31. The van der Waals surface area contributed by atoms with E-state index in [-0.39, 0.29) is 17.6 Å². The normalized spacial score (nSPS) is 14.9. The number of nitrogens with one attached hydrogen (secondary N) is 2. The fourth-order valence-electron chi connectivity index (χ4n) is 3.91. The highest BCUT2D eigenvalue weighted by molar-refractivity contribution is 5.74. The number of halogens is 6. The Hall–Kier alpha value is -6.18. The molecule has 8 nitrogen and oxygen atoms in total.